The standard InChI is InChI=1S/C12H13ClF3N5/c1-2-6(12(14,15)16)17-9-19-8(13)20-10(21-9)18-7-5-11(7)3-4-11/h6H,2-5H2,1H3,(H,17,19,20,21)/b18-7+/t6-/m1/s1. The van der Waals surface area contributed by atoms with Crippen LogP contribution in [0.3, 0.4) is 0 Å². The monoisotopic (exact) mass is 319 g/mol. The van der Waals surface area contributed by atoms with Crippen molar-refractivity contribution in [2.24, 2.45) is 10.4 Å². The number of nitrogens with one attached hydrogen (secondary N) is 1. The zero-order valence-corrected chi connectivity index (χ0v) is 12.0. The van der Waals surface area contributed by atoms with E-state index in [1.807, 2.05) is 0 Å². The van der Waals surface area contributed by atoms with Crippen molar-refractivity contribution in [3.05, 3.63) is 5.28 Å². The molecule has 9 heteroatoms. The molecule has 5 nitrogen and oxygen atoms in total. The van der Waals surface area contributed by atoms with Crippen molar-refractivity contribution >= 4 is 29.2 Å². The van der Waals surface area contributed by atoms with Crippen LogP contribution >= 0.6 is 11.6 Å². The number of aliphatic imine (C=N–C) groups is 1. The molecule has 2 aliphatic carbocycles. The summed E-state index contributed by atoms with van der Waals surface area (Å²) in [5, 5.41) is 2.07. The van der Waals surface area contributed by atoms with Gasteiger partial charge in [0.15, 0.2) is 0 Å². The quantitative estimate of drug-likeness (QED) is 0.922. The van der Waals surface area contributed by atoms with E-state index in [-0.39, 0.29) is 29.0 Å². The zero-order valence-electron chi connectivity index (χ0n) is 11.2. The molecular formula is C12H13ClF3N5. The molecule has 2 saturated carbocycles. The van der Waals surface area contributed by atoms with Gasteiger partial charge in [0.25, 0.3) is 5.95 Å². The molecule has 2 aliphatic rings. The minimum atomic E-state index is -4.38. The summed E-state index contributed by atoms with van der Waals surface area (Å²) in [5.41, 5.74) is 1.24. The first-order valence-electron chi connectivity index (χ1n) is 6.65. The highest BCUT2D eigenvalue weighted by Gasteiger charge is 2.60. The fourth-order valence-corrected chi connectivity index (χ4v) is 2.35. The van der Waals surface area contributed by atoms with Crippen LogP contribution in [0.5, 0.6) is 0 Å². The average molecular weight is 320 g/mol. The van der Waals surface area contributed by atoms with Gasteiger partial charge in [0.1, 0.15) is 6.04 Å². The summed E-state index contributed by atoms with van der Waals surface area (Å²) in [6.45, 7) is 1.43. The molecule has 0 radical (unpaired) electrons. The number of anilines is 1. The second-order valence-electron chi connectivity index (χ2n) is 5.39. The fraction of sp³-hybridized carbons (Fsp3) is 0.667. The van der Waals surface area contributed by atoms with Gasteiger partial charge in [0.2, 0.25) is 11.2 Å². The number of rotatable bonds is 4. The van der Waals surface area contributed by atoms with Crippen molar-refractivity contribution in [1.82, 2.24) is 15.0 Å². The summed E-state index contributed by atoms with van der Waals surface area (Å²) < 4.78 is 38.2. The van der Waals surface area contributed by atoms with E-state index in [2.05, 4.69) is 25.3 Å². The third-order valence-electron chi connectivity index (χ3n) is 3.78. The number of alkyl halides is 3. The molecule has 1 atom stereocenters. The predicted molar refractivity (Wildman–Crippen MR) is 72.0 cm³/mol. The van der Waals surface area contributed by atoms with Crippen LogP contribution in [-0.4, -0.2) is 32.9 Å². The Balaban J connectivity index is 1.79. The molecule has 1 aromatic heterocycles. The van der Waals surface area contributed by atoms with Crippen molar-refractivity contribution in [3.8, 4) is 0 Å². The Hall–Kier alpha value is -1.44. The van der Waals surface area contributed by atoms with Crippen molar-refractivity contribution < 1.29 is 13.2 Å². The van der Waals surface area contributed by atoms with Crippen LogP contribution < -0.4 is 5.32 Å². The van der Waals surface area contributed by atoms with E-state index < -0.39 is 12.2 Å². The minimum Gasteiger partial charge on any atom is -0.342 e. The van der Waals surface area contributed by atoms with Crippen LogP contribution in [0.15, 0.2) is 4.99 Å². The molecule has 1 heterocycles. The molecule has 0 saturated heterocycles. The lowest BCUT2D eigenvalue weighted by Crippen LogP contribution is -2.36. The van der Waals surface area contributed by atoms with Crippen molar-refractivity contribution in [3.63, 3.8) is 0 Å². The second kappa shape index (κ2) is 4.79. The molecule has 1 aromatic rings. The largest absolute Gasteiger partial charge is 0.408 e. The summed E-state index contributed by atoms with van der Waals surface area (Å²) in [7, 11) is 0. The molecule has 3 rings (SSSR count). The average Bonchev–Trinajstić information content (AvgIpc) is 3.26. The highest BCUT2D eigenvalue weighted by molar-refractivity contribution is 6.28. The van der Waals surface area contributed by atoms with E-state index in [1.54, 1.807) is 0 Å². The molecular weight excluding hydrogens is 307 g/mol. The Morgan fingerprint density at radius 2 is 2.05 bits per heavy atom. The third-order valence-corrected chi connectivity index (χ3v) is 3.95. The summed E-state index contributed by atoms with van der Waals surface area (Å²) >= 11 is 5.73. The van der Waals surface area contributed by atoms with E-state index in [0.29, 0.717) is 0 Å². The Morgan fingerprint density at radius 1 is 1.33 bits per heavy atom. The zero-order chi connectivity index (χ0) is 15.3. The maximum Gasteiger partial charge on any atom is 0.408 e. The highest BCUT2D eigenvalue weighted by atomic mass is 35.5. The fourth-order valence-electron chi connectivity index (χ4n) is 2.20. The lowest BCUT2D eigenvalue weighted by Gasteiger charge is -2.19. The number of halogens is 4. The summed E-state index contributed by atoms with van der Waals surface area (Å²) in [4.78, 5) is 15.7. The van der Waals surface area contributed by atoms with Gasteiger partial charge < -0.3 is 5.32 Å². The van der Waals surface area contributed by atoms with E-state index in [9.17, 15) is 13.2 Å². The van der Waals surface area contributed by atoms with Gasteiger partial charge in [-0.1, -0.05) is 6.92 Å². The van der Waals surface area contributed by atoms with Crippen LogP contribution in [0.4, 0.5) is 25.1 Å². The molecule has 1 spiro atoms. The van der Waals surface area contributed by atoms with Crippen LogP contribution in [0, 0.1) is 5.41 Å². The first kappa shape index (κ1) is 14.5. The summed E-state index contributed by atoms with van der Waals surface area (Å²) in [6.07, 6.45) is -1.38. The number of aromatic nitrogens is 3. The first-order valence-corrected chi connectivity index (χ1v) is 7.03. The van der Waals surface area contributed by atoms with Gasteiger partial charge in [-0.2, -0.15) is 28.1 Å². The Labute approximate surface area is 124 Å². The van der Waals surface area contributed by atoms with E-state index >= 15 is 0 Å². The van der Waals surface area contributed by atoms with Crippen LogP contribution in [0.25, 0.3) is 0 Å². The van der Waals surface area contributed by atoms with Crippen LogP contribution in [0.1, 0.15) is 32.6 Å². The topological polar surface area (TPSA) is 63.1 Å². The lowest BCUT2D eigenvalue weighted by molar-refractivity contribution is -0.143. The molecule has 114 valence electrons. The SMILES string of the molecule is CC[C@@H](Nc1nc(Cl)nc(/N=C2\CC23CC3)n1)C(F)(F)F. The van der Waals surface area contributed by atoms with Crippen molar-refractivity contribution in [2.45, 2.75) is 44.8 Å². The number of hydrogen-bond donors (Lipinski definition) is 1. The van der Waals surface area contributed by atoms with E-state index in [4.69, 9.17) is 11.6 Å². The smallest absolute Gasteiger partial charge is 0.342 e. The predicted octanol–water partition coefficient (Wildman–Crippen LogP) is 3.53. The molecule has 0 aliphatic heterocycles. The van der Waals surface area contributed by atoms with Crippen LogP contribution in [-0.2, 0) is 0 Å². The molecule has 1 N–H and O–H groups in total. The molecule has 2 fully saturated rings. The molecule has 0 aromatic carbocycles. The van der Waals surface area contributed by atoms with Gasteiger partial charge in [-0.25, -0.2) is 4.99 Å². The van der Waals surface area contributed by atoms with Gasteiger partial charge in [0.05, 0.1) is 0 Å². The molecule has 0 unspecified atom stereocenters. The minimum absolute atomic E-state index is 0.0632. The number of nitrogens with zero attached hydrogens (tertiary/aromatic N) is 4. The van der Waals surface area contributed by atoms with E-state index in [1.165, 1.54) is 6.92 Å². The molecule has 0 bridgehead atoms. The third kappa shape index (κ3) is 3.09. The van der Waals surface area contributed by atoms with Gasteiger partial charge in [-0.3, -0.25) is 0 Å². The van der Waals surface area contributed by atoms with Gasteiger partial charge in [-0.05, 0) is 37.3 Å². The Morgan fingerprint density at radius 3 is 2.57 bits per heavy atom. The lowest BCUT2D eigenvalue weighted by atomic mass is 10.2. The molecule has 21 heavy (non-hydrogen) atoms. The van der Waals surface area contributed by atoms with Crippen LogP contribution in [0.2, 0.25) is 5.28 Å². The van der Waals surface area contributed by atoms with Gasteiger partial charge in [0, 0.05) is 11.1 Å². The maximum atomic E-state index is 12.7. The highest BCUT2D eigenvalue weighted by Crippen LogP contribution is 2.63. The normalized spacial score (nSPS) is 22.4. The molecule has 0 amide bonds. The van der Waals surface area contributed by atoms with E-state index in [0.717, 1.165) is 25.0 Å². The Kier molecular flexibility index (Phi) is 3.31. The van der Waals surface area contributed by atoms with Gasteiger partial charge >= 0.3 is 6.18 Å². The first-order chi connectivity index (χ1) is 9.82. The summed E-state index contributed by atoms with van der Waals surface area (Å²) in [5.74, 6) is -0.141. The Bertz CT molecular complexity index is 597. The maximum absolute atomic E-state index is 12.7. The van der Waals surface area contributed by atoms with Crippen molar-refractivity contribution in [1.29, 1.82) is 0 Å². The summed E-state index contributed by atoms with van der Waals surface area (Å²) in [6, 6.07) is -1.73. The van der Waals surface area contributed by atoms with Gasteiger partial charge in [-0.15, -0.1) is 0 Å². The number of hydrogen-bond acceptors (Lipinski definition) is 5. The van der Waals surface area contributed by atoms with Crippen molar-refractivity contribution in [2.75, 3.05) is 5.32 Å². The second-order valence-corrected chi connectivity index (χ2v) is 5.73.